The Morgan fingerprint density at radius 2 is 1.87 bits per heavy atom. The lowest BCUT2D eigenvalue weighted by Gasteiger charge is -2.14. The summed E-state index contributed by atoms with van der Waals surface area (Å²) in [4.78, 5) is 16.8. The van der Waals surface area contributed by atoms with Crippen LogP contribution in [0.3, 0.4) is 0 Å². The molecule has 3 aromatic rings. The molecule has 1 aromatic carbocycles. The number of ether oxygens (including phenoxy) is 2. The topological polar surface area (TPSA) is 90.3 Å². The number of nitrogens with zero attached hydrogens (tertiary/aromatic N) is 3. The number of carbonyl (C=O) groups is 1. The number of aromatic nitrogens is 3. The van der Waals surface area contributed by atoms with Crippen molar-refractivity contribution in [3.05, 3.63) is 66.1 Å². The number of amides is 1. The van der Waals surface area contributed by atoms with Crippen LogP contribution in [0.4, 0.5) is 0 Å². The van der Waals surface area contributed by atoms with Crippen molar-refractivity contribution in [3.8, 4) is 17.4 Å². The van der Waals surface area contributed by atoms with Gasteiger partial charge in [-0.2, -0.15) is 5.10 Å². The number of para-hydroxylation sites is 2. The highest BCUT2D eigenvalue weighted by Gasteiger charge is 2.19. The molecule has 0 aliphatic heterocycles. The highest BCUT2D eigenvalue weighted by Crippen LogP contribution is 2.30. The predicted molar refractivity (Wildman–Crippen MR) is 123 cm³/mol. The van der Waals surface area contributed by atoms with Gasteiger partial charge in [-0.15, -0.1) is 24.8 Å². The molecular weight excluding hydrogens is 441 g/mol. The molecule has 8 nitrogen and oxygen atoms in total. The highest BCUT2D eigenvalue weighted by molar-refractivity contribution is 5.85. The molecule has 1 atom stereocenters. The number of carbonyl (C=O) groups excluding carboxylic acids is 1. The maximum atomic E-state index is 12.5. The lowest BCUT2D eigenvalue weighted by atomic mass is 10.1. The first-order valence-corrected chi connectivity index (χ1v) is 9.38. The van der Waals surface area contributed by atoms with Crippen molar-refractivity contribution in [2.75, 3.05) is 13.7 Å². The molecule has 2 aromatic heterocycles. The Bertz CT molecular complexity index is 950. The molecule has 31 heavy (non-hydrogen) atoms. The molecule has 10 heteroatoms. The molecule has 1 unspecified atom stereocenters. The lowest BCUT2D eigenvalue weighted by molar-refractivity contribution is -0.123. The molecule has 2 N–H and O–H groups in total. The summed E-state index contributed by atoms with van der Waals surface area (Å²) in [6, 6.07) is 10.6. The number of pyridine rings is 1. The lowest BCUT2D eigenvalue weighted by Crippen LogP contribution is -2.35. The summed E-state index contributed by atoms with van der Waals surface area (Å²) in [5.74, 6) is 1.60. The van der Waals surface area contributed by atoms with Crippen LogP contribution in [0.2, 0.25) is 0 Å². The molecule has 0 saturated carbocycles. The van der Waals surface area contributed by atoms with E-state index < -0.39 is 6.04 Å². The van der Waals surface area contributed by atoms with Gasteiger partial charge in [0, 0.05) is 37.6 Å². The Kier molecular flexibility index (Phi) is 10.8. The number of benzene rings is 1. The minimum Gasteiger partial charge on any atom is -0.490 e. The van der Waals surface area contributed by atoms with Crippen molar-refractivity contribution in [2.45, 2.75) is 19.5 Å². The molecule has 3 rings (SSSR count). The third-order valence-corrected chi connectivity index (χ3v) is 4.24. The van der Waals surface area contributed by atoms with Crippen LogP contribution >= 0.6 is 24.8 Å². The maximum absolute atomic E-state index is 12.5. The monoisotopic (exact) mass is 467 g/mol. The van der Waals surface area contributed by atoms with Gasteiger partial charge in [-0.05, 0) is 31.7 Å². The number of nitrogens with one attached hydrogen (secondary N) is 2. The van der Waals surface area contributed by atoms with E-state index in [1.165, 1.54) is 0 Å². The second-order valence-electron chi connectivity index (χ2n) is 6.37. The number of likely N-dealkylation sites (N-methyl/N-ethyl adjacent to an activating group) is 1. The van der Waals surface area contributed by atoms with Gasteiger partial charge in [0.2, 0.25) is 11.8 Å². The van der Waals surface area contributed by atoms with Crippen LogP contribution in [0, 0.1) is 0 Å². The molecule has 0 aliphatic rings. The van der Waals surface area contributed by atoms with E-state index in [2.05, 4.69) is 20.7 Å². The number of hydrogen-bond acceptors (Lipinski definition) is 6. The first kappa shape index (κ1) is 26.2. The van der Waals surface area contributed by atoms with E-state index in [0.29, 0.717) is 30.5 Å². The zero-order chi connectivity index (χ0) is 20.6. The van der Waals surface area contributed by atoms with Gasteiger partial charge in [0.15, 0.2) is 11.5 Å². The van der Waals surface area contributed by atoms with Gasteiger partial charge >= 0.3 is 0 Å². The van der Waals surface area contributed by atoms with E-state index in [0.717, 1.165) is 11.1 Å². The van der Waals surface area contributed by atoms with Crippen LogP contribution in [-0.4, -0.2) is 34.3 Å². The summed E-state index contributed by atoms with van der Waals surface area (Å²) in [6.45, 7) is 2.84. The average Bonchev–Trinajstić information content (AvgIpc) is 3.15. The Hall–Kier alpha value is -2.81. The normalized spacial score (nSPS) is 10.9. The second-order valence-corrected chi connectivity index (χ2v) is 6.37. The fourth-order valence-corrected chi connectivity index (χ4v) is 2.83. The summed E-state index contributed by atoms with van der Waals surface area (Å²) in [5.41, 5.74) is 1.67. The first-order valence-electron chi connectivity index (χ1n) is 9.38. The Balaban J connectivity index is 0.00000240. The Labute approximate surface area is 194 Å². The van der Waals surface area contributed by atoms with Crippen LogP contribution in [-0.2, 0) is 18.4 Å². The smallest absolute Gasteiger partial charge is 0.242 e. The van der Waals surface area contributed by atoms with Crippen molar-refractivity contribution in [1.82, 2.24) is 25.4 Å². The van der Waals surface area contributed by atoms with Crippen molar-refractivity contribution in [3.63, 3.8) is 0 Å². The van der Waals surface area contributed by atoms with Crippen LogP contribution in [0.15, 0.2) is 55.0 Å². The predicted octanol–water partition coefficient (Wildman–Crippen LogP) is 3.43. The van der Waals surface area contributed by atoms with E-state index in [-0.39, 0.29) is 30.7 Å². The quantitative estimate of drug-likeness (QED) is 0.500. The van der Waals surface area contributed by atoms with Gasteiger partial charge in [0.1, 0.15) is 6.04 Å². The molecule has 0 bridgehead atoms. The fourth-order valence-electron chi connectivity index (χ4n) is 2.83. The highest BCUT2D eigenvalue weighted by atomic mass is 35.5. The minimum atomic E-state index is -0.464. The molecule has 0 radical (unpaired) electrons. The molecule has 168 valence electrons. The summed E-state index contributed by atoms with van der Waals surface area (Å²) in [7, 11) is 3.56. The van der Waals surface area contributed by atoms with Gasteiger partial charge in [-0.3, -0.25) is 9.48 Å². The average molecular weight is 468 g/mol. The van der Waals surface area contributed by atoms with Crippen molar-refractivity contribution >= 4 is 30.7 Å². The largest absolute Gasteiger partial charge is 0.490 e. The van der Waals surface area contributed by atoms with Gasteiger partial charge in [0.25, 0.3) is 0 Å². The van der Waals surface area contributed by atoms with Crippen LogP contribution < -0.4 is 20.1 Å². The maximum Gasteiger partial charge on any atom is 0.242 e. The van der Waals surface area contributed by atoms with Crippen molar-refractivity contribution in [1.29, 1.82) is 0 Å². The second kappa shape index (κ2) is 12.8. The van der Waals surface area contributed by atoms with Crippen LogP contribution in [0.5, 0.6) is 17.4 Å². The third-order valence-electron chi connectivity index (χ3n) is 4.24. The Morgan fingerprint density at radius 1 is 1.13 bits per heavy atom. The zero-order valence-corrected chi connectivity index (χ0v) is 19.2. The molecule has 0 aliphatic carbocycles. The van der Waals surface area contributed by atoms with E-state index in [9.17, 15) is 4.79 Å². The third kappa shape index (κ3) is 7.13. The van der Waals surface area contributed by atoms with E-state index in [4.69, 9.17) is 9.47 Å². The van der Waals surface area contributed by atoms with Gasteiger partial charge in [-0.25, -0.2) is 4.98 Å². The summed E-state index contributed by atoms with van der Waals surface area (Å²) in [6.07, 6.45) is 5.17. The summed E-state index contributed by atoms with van der Waals surface area (Å²) in [5, 5.41) is 10.0. The van der Waals surface area contributed by atoms with Gasteiger partial charge < -0.3 is 20.1 Å². The van der Waals surface area contributed by atoms with E-state index in [1.807, 2.05) is 50.5 Å². The SMILES string of the molecule is CCOc1ccccc1Oc1ccc(CNC(=O)C(NC)c2cnn(C)c2)cn1.Cl.Cl. The van der Waals surface area contributed by atoms with Gasteiger partial charge in [-0.1, -0.05) is 18.2 Å². The number of hydrogen-bond donors (Lipinski definition) is 2. The number of rotatable bonds is 9. The zero-order valence-electron chi connectivity index (χ0n) is 17.6. The Morgan fingerprint density at radius 3 is 2.45 bits per heavy atom. The van der Waals surface area contributed by atoms with E-state index in [1.54, 1.807) is 30.2 Å². The summed E-state index contributed by atoms with van der Waals surface area (Å²) >= 11 is 0. The molecule has 0 spiro atoms. The van der Waals surface area contributed by atoms with Crippen molar-refractivity contribution < 1.29 is 14.3 Å². The van der Waals surface area contributed by atoms with E-state index >= 15 is 0 Å². The number of aryl methyl sites for hydroxylation is 1. The molecule has 1 amide bonds. The molecule has 0 saturated heterocycles. The summed E-state index contributed by atoms with van der Waals surface area (Å²) < 4.78 is 13.0. The van der Waals surface area contributed by atoms with Crippen molar-refractivity contribution in [2.24, 2.45) is 7.05 Å². The van der Waals surface area contributed by atoms with Crippen LogP contribution in [0.1, 0.15) is 24.1 Å². The van der Waals surface area contributed by atoms with Crippen LogP contribution in [0.25, 0.3) is 0 Å². The standard InChI is InChI=1S/C21H25N5O3.2ClH/c1-4-28-17-7-5-6-8-18(17)29-19-10-9-15(11-23-19)12-24-21(27)20(22-2)16-13-25-26(3)14-16;;/h5-11,13-14,20,22H,4,12H2,1-3H3,(H,24,27);2*1H. The van der Waals surface area contributed by atoms with Gasteiger partial charge in [0.05, 0.1) is 12.8 Å². The molecular formula is C21H27Cl2N5O3. The number of halogens is 2. The minimum absolute atomic E-state index is 0. The first-order chi connectivity index (χ1) is 14.1. The fraction of sp³-hybridized carbons (Fsp3) is 0.286. The molecule has 0 fully saturated rings. The molecule has 2 heterocycles.